The molecule has 0 aliphatic heterocycles. The number of thioether (sulfide) groups is 1. The molecule has 0 heterocycles. The predicted octanol–water partition coefficient (Wildman–Crippen LogP) is 5.18. The van der Waals surface area contributed by atoms with Crippen LogP contribution in [0.2, 0.25) is 0 Å². The van der Waals surface area contributed by atoms with Crippen LogP contribution in [-0.4, -0.2) is 18.2 Å². The summed E-state index contributed by atoms with van der Waals surface area (Å²) in [5.74, 6) is -1.20. The van der Waals surface area contributed by atoms with E-state index in [1.165, 1.54) is 30.8 Å². The van der Waals surface area contributed by atoms with Gasteiger partial charge in [0.25, 0.3) is 0 Å². The first kappa shape index (κ1) is 20.5. The van der Waals surface area contributed by atoms with Crippen molar-refractivity contribution < 1.29 is 23.5 Å². The minimum atomic E-state index is -0.615. The van der Waals surface area contributed by atoms with Gasteiger partial charge in [-0.3, -0.25) is 0 Å². The maximum absolute atomic E-state index is 14.5. The standard InChI is InChI=1S/C21H19FO4S/c1-12(2)20(23)25-15-7-8-16(17(22)11-15)14-6-9-18(19(10-14)27-5)26-21(24)13(3)4/h6-11H,1,3H2,2,4-5H3. The molecule has 6 heteroatoms. The lowest BCUT2D eigenvalue weighted by molar-refractivity contribution is -0.131. The molecule has 2 aromatic carbocycles. The highest BCUT2D eigenvalue weighted by atomic mass is 32.2. The fourth-order valence-electron chi connectivity index (χ4n) is 2.09. The van der Waals surface area contributed by atoms with Crippen molar-refractivity contribution in [2.75, 3.05) is 6.26 Å². The van der Waals surface area contributed by atoms with E-state index in [4.69, 9.17) is 9.47 Å². The van der Waals surface area contributed by atoms with Crippen molar-refractivity contribution in [3.8, 4) is 22.6 Å². The van der Waals surface area contributed by atoms with E-state index in [9.17, 15) is 14.0 Å². The molecular weight excluding hydrogens is 367 g/mol. The molecular formula is C21H19FO4S. The van der Waals surface area contributed by atoms with E-state index in [1.807, 2.05) is 6.26 Å². The lowest BCUT2D eigenvalue weighted by Gasteiger charge is -2.12. The van der Waals surface area contributed by atoms with Crippen LogP contribution in [-0.2, 0) is 9.59 Å². The van der Waals surface area contributed by atoms with E-state index in [0.29, 0.717) is 21.8 Å². The van der Waals surface area contributed by atoms with Gasteiger partial charge in [0.15, 0.2) is 0 Å². The van der Waals surface area contributed by atoms with Crippen LogP contribution in [0.4, 0.5) is 4.39 Å². The summed E-state index contributed by atoms with van der Waals surface area (Å²) in [6.07, 6.45) is 1.83. The highest BCUT2D eigenvalue weighted by Gasteiger charge is 2.14. The van der Waals surface area contributed by atoms with Crippen molar-refractivity contribution in [2.45, 2.75) is 18.7 Å². The van der Waals surface area contributed by atoms with E-state index in [0.717, 1.165) is 6.07 Å². The topological polar surface area (TPSA) is 52.6 Å². The van der Waals surface area contributed by atoms with Gasteiger partial charge in [-0.2, -0.15) is 0 Å². The van der Waals surface area contributed by atoms with Crippen LogP contribution in [0.3, 0.4) is 0 Å². The minimum Gasteiger partial charge on any atom is -0.423 e. The molecule has 0 amide bonds. The van der Waals surface area contributed by atoms with Crippen molar-refractivity contribution >= 4 is 23.7 Å². The van der Waals surface area contributed by atoms with Crippen LogP contribution >= 0.6 is 11.8 Å². The number of carbonyl (C=O) groups is 2. The Morgan fingerprint density at radius 1 is 0.963 bits per heavy atom. The Morgan fingerprint density at radius 2 is 1.59 bits per heavy atom. The summed E-state index contributed by atoms with van der Waals surface area (Å²) in [4.78, 5) is 23.9. The molecule has 0 saturated heterocycles. The molecule has 0 aromatic heterocycles. The average molecular weight is 386 g/mol. The summed E-state index contributed by atoms with van der Waals surface area (Å²) in [7, 11) is 0. The van der Waals surface area contributed by atoms with Crippen LogP contribution in [0.25, 0.3) is 11.1 Å². The second-order valence-corrected chi connectivity index (χ2v) is 6.70. The molecule has 0 atom stereocenters. The molecule has 0 fully saturated rings. The number of benzene rings is 2. The molecule has 0 aliphatic carbocycles. The Hall–Kier alpha value is -2.86. The SMILES string of the molecule is C=C(C)C(=O)Oc1ccc(-c2ccc(OC(=O)C(=C)C)c(SC)c2)c(F)c1. The van der Waals surface area contributed by atoms with Gasteiger partial charge in [-0.15, -0.1) is 11.8 Å². The van der Waals surface area contributed by atoms with Crippen LogP contribution in [0.15, 0.2) is 65.6 Å². The summed E-state index contributed by atoms with van der Waals surface area (Å²) >= 11 is 1.37. The monoisotopic (exact) mass is 386 g/mol. The van der Waals surface area contributed by atoms with Gasteiger partial charge in [0.1, 0.15) is 17.3 Å². The van der Waals surface area contributed by atoms with Gasteiger partial charge in [-0.1, -0.05) is 19.2 Å². The molecule has 140 valence electrons. The zero-order chi connectivity index (χ0) is 20.1. The Bertz CT molecular complexity index is 934. The summed E-state index contributed by atoms with van der Waals surface area (Å²) in [5, 5.41) is 0. The van der Waals surface area contributed by atoms with Crippen molar-refractivity contribution in [1.29, 1.82) is 0 Å². The van der Waals surface area contributed by atoms with Gasteiger partial charge in [-0.25, -0.2) is 14.0 Å². The molecule has 2 aromatic rings. The molecule has 0 spiro atoms. The number of esters is 2. The Labute approximate surface area is 161 Å². The molecule has 0 N–H and O–H groups in total. The first-order valence-electron chi connectivity index (χ1n) is 7.96. The van der Waals surface area contributed by atoms with Crippen LogP contribution in [0, 0.1) is 5.82 Å². The van der Waals surface area contributed by atoms with Gasteiger partial charge < -0.3 is 9.47 Å². The lowest BCUT2D eigenvalue weighted by atomic mass is 10.0. The molecule has 0 unspecified atom stereocenters. The summed E-state index contributed by atoms with van der Waals surface area (Å²) < 4.78 is 24.8. The molecule has 2 rings (SSSR count). The predicted molar refractivity (Wildman–Crippen MR) is 105 cm³/mol. The number of rotatable bonds is 6. The maximum atomic E-state index is 14.5. The van der Waals surface area contributed by atoms with E-state index >= 15 is 0 Å². The van der Waals surface area contributed by atoms with Crippen LogP contribution < -0.4 is 9.47 Å². The first-order chi connectivity index (χ1) is 12.7. The average Bonchev–Trinajstić information content (AvgIpc) is 2.62. The largest absolute Gasteiger partial charge is 0.423 e. The first-order valence-corrected chi connectivity index (χ1v) is 9.18. The fraction of sp³-hybridized carbons (Fsp3) is 0.143. The van der Waals surface area contributed by atoms with Crippen LogP contribution in [0.5, 0.6) is 11.5 Å². The van der Waals surface area contributed by atoms with Gasteiger partial charge in [-0.05, 0) is 49.9 Å². The second kappa shape index (κ2) is 8.68. The summed E-state index contributed by atoms with van der Waals surface area (Å²) in [5.41, 5.74) is 1.45. The van der Waals surface area contributed by atoms with Gasteiger partial charge in [0.2, 0.25) is 0 Å². The van der Waals surface area contributed by atoms with Crippen molar-refractivity contribution in [3.63, 3.8) is 0 Å². The van der Waals surface area contributed by atoms with Crippen molar-refractivity contribution in [2.24, 2.45) is 0 Å². The van der Waals surface area contributed by atoms with E-state index in [1.54, 1.807) is 25.1 Å². The Kier molecular flexibility index (Phi) is 6.58. The number of ether oxygens (including phenoxy) is 2. The Balaban J connectivity index is 2.32. The highest BCUT2D eigenvalue weighted by Crippen LogP contribution is 2.34. The van der Waals surface area contributed by atoms with Gasteiger partial charge in [0.05, 0.1) is 4.90 Å². The number of carbonyl (C=O) groups excluding carboxylic acids is 2. The van der Waals surface area contributed by atoms with E-state index < -0.39 is 17.8 Å². The third kappa shape index (κ3) is 5.08. The highest BCUT2D eigenvalue weighted by molar-refractivity contribution is 7.98. The third-order valence-electron chi connectivity index (χ3n) is 3.53. The van der Waals surface area contributed by atoms with E-state index in [2.05, 4.69) is 13.2 Å². The molecule has 4 nitrogen and oxygen atoms in total. The molecule has 0 bridgehead atoms. The zero-order valence-electron chi connectivity index (χ0n) is 15.3. The lowest BCUT2D eigenvalue weighted by Crippen LogP contribution is -2.09. The smallest absolute Gasteiger partial charge is 0.338 e. The molecule has 0 radical (unpaired) electrons. The quantitative estimate of drug-likeness (QED) is 0.296. The molecule has 27 heavy (non-hydrogen) atoms. The minimum absolute atomic E-state index is 0.0985. The summed E-state index contributed by atoms with van der Waals surface area (Å²) in [6.45, 7) is 10.1. The normalized spacial score (nSPS) is 10.2. The van der Waals surface area contributed by atoms with Gasteiger partial charge >= 0.3 is 11.9 Å². The summed E-state index contributed by atoms with van der Waals surface area (Å²) in [6, 6.07) is 9.16. The number of hydrogen-bond acceptors (Lipinski definition) is 5. The zero-order valence-corrected chi connectivity index (χ0v) is 16.1. The maximum Gasteiger partial charge on any atom is 0.338 e. The third-order valence-corrected chi connectivity index (χ3v) is 4.28. The van der Waals surface area contributed by atoms with E-state index in [-0.39, 0.29) is 16.9 Å². The molecule has 0 saturated carbocycles. The Morgan fingerprint density at radius 3 is 2.15 bits per heavy atom. The van der Waals surface area contributed by atoms with Crippen molar-refractivity contribution in [1.82, 2.24) is 0 Å². The van der Waals surface area contributed by atoms with Crippen molar-refractivity contribution in [3.05, 3.63) is 66.5 Å². The second-order valence-electron chi connectivity index (χ2n) is 5.85. The fourth-order valence-corrected chi connectivity index (χ4v) is 2.65. The number of halogens is 1. The molecule has 0 aliphatic rings. The van der Waals surface area contributed by atoms with Gasteiger partial charge in [0, 0.05) is 22.8 Å². The van der Waals surface area contributed by atoms with Crippen LogP contribution in [0.1, 0.15) is 13.8 Å². The number of hydrogen-bond donors (Lipinski definition) is 0.